The van der Waals surface area contributed by atoms with Crippen LogP contribution in [0, 0.1) is 5.92 Å². The maximum absolute atomic E-state index is 12.4. The highest BCUT2D eigenvalue weighted by Gasteiger charge is 2.28. The van der Waals surface area contributed by atoms with Crippen LogP contribution in [0.2, 0.25) is 0 Å². The molecule has 0 aliphatic carbocycles. The van der Waals surface area contributed by atoms with Crippen molar-refractivity contribution in [3.63, 3.8) is 0 Å². The summed E-state index contributed by atoms with van der Waals surface area (Å²) < 4.78 is 2.30. The minimum absolute atomic E-state index is 0.0742. The van der Waals surface area contributed by atoms with Crippen LogP contribution >= 0.6 is 0 Å². The third kappa shape index (κ3) is 3.10. The number of nitrogens with two attached hydrogens (primary N) is 1. The minimum atomic E-state index is -0.327. The quantitative estimate of drug-likeness (QED) is 0.725. The second kappa shape index (κ2) is 6.91. The molecule has 0 bridgehead atoms. The van der Waals surface area contributed by atoms with Crippen LogP contribution in [0.3, 0.4) is 0 Å². The number of fused-ring (bicyclic) bond motifs is 3. The summed E-state index contributed by atoms with van der Waals surface area (Å²) >= 11 is 0. The van der Waals surface area contributed by atoms with Crippen LogP contribution in [0.5, 0.6) is 0 Å². The predicted octanol–water partition coefficient (Wildman–Crippen LogP) is 3.16. The van der Waals surface area contributed by atoms with Gasteiger partial charge in [0.2, 0.25) is 11.8 Å². The van der Waals surface area contributed by atoms with Crippen LogP contribution in [0.15, 0.2) is 48.5 Å². The molecule has 1 aliphatic rings. The van der Waals surface area contributed by atoms with Gasteiger partial charge in [-0.1, -0.05) is 24.3 Å². The van der Waals surface area contributed by atoms with Crippen LogP contribution in [0.25, 0.3) is 27.9 Å². The second-order valence-corrected chi connectivity index (χ2v) is 7.04. The van der Waals surface area contributed by atoms with Crippen molar-refractivity contribution in [2.75, 3.05) is 13.1 Å². The van der Waals surface area contributed by atoms with Gasteiger partial charge in [0.05, 0.1) is 5.92 Å². The van der Waals surface area contributed by atoms with Crippen molar-refractivity contribution in [1.82, 2.24) is 9.47 Å². The third-order valence-corrected chi connectivity index (χ3v) is 5.43. The number of amides is 2. The van der Waals surface area contributed by atoms with Gasteiger partial charge in [-0.3, -0.25) is 9.59 Å². The number of aromatic nitrogens is 1. The fraction of sp³-hybridized carbons (Fsp3) is 0.273. The Hall–Kier alpha value is -3.08. The maximum atomic E-state index is 12.4. The van der Waals surface area contributed by atoms with Gasteiger partial charge in [-0.2, -0.15) is 0 Å². The normalized spacial score (nSPS) is 17.4. The van der Waals surface area contributed by atoms with E-state index < -0.39 is 0 Å². The van der Waals surface area contributed by atoms with Gasteiger partial charge in [-0.05, 0) is 43.2 Å². The number of hydrogen-bond acceptors (Lipinski definition) is 2. The standard InChI is InChI=1S/C22H23N3O2/c1-2-25-19-6-4-3-5-17(19)18-13-15(7-9-20(18)25)8-10-21(26)24-12-11-16(14-24)22(23)27/h3-10,13,16H,2,11-12,14H2,1H3,(H2,23,27)/b10-8+. The molecule has 1 aliphatic heterocycles. The van der Waals surface area contributed by atoms with Crippen molar-refractivity contribution < 1.29 is 9.59 Å². The molecule has 5 heteroatoms. The Morgan fingerprint density at radius 1 is 1.15 bits per heavy atom. The minimum Gasteiger partial charge on any atom is -0.369 e. The molecule has 1 fully saturated rings. The van der Waals surface area contributed by atoms with Crippen LogP contribution in [0.1, 0.15) is 18.9 Å². The molecule has 4 rings (SSSR count). The fourth-order valence-corrected chi connectivity index (χ4v) is 3.98. The molecule has 0 saturated carbocycles. The average Bonchev–Trinajstić information content (AvgIpc) is 3.29. The second-order valence-electron chi connectivity index (χ2n) is 7.04. The number of primary amides is 1. The number of aryl methyl sites for hydroxylation is 1. The number of nitrogens with zero attached hydrogens (tertiary/aromatic N) is 2. The van der Waals surface area contributed by atoms with Gasteiger partial charge in [0.15, 0.2) is 0 Å². The van der Waals surface area contributed by atoms with E-state index in [1.807, 2.05) is 12.1 Å². The molecule has 2 heterocycles. The maximum Gasteiger partial charge on any atom is 0.246 e. The van der Waals surface area contributed by atoms with E-state index in [1.165, 1.54) is 21.8 Å². The molecule has 2 amide bonds. The van der Waals surface area contributed by atoms with Crippen LogP contribution in [-0.4, -0.2) is 34.4 Å². The summed E-state index contributed by atoms with van der Waals surface area (Å²) in [6.07, 6.45) is 4.08. The van der Waals surface area contributed by atoms with Crippen molar-refractivity contribution in [3.8, 4) is 0 Å². The molecule has 0 spiro atoms. The highest BCUT2D eigenvalue weighted by molar-refractivity contribution is 6.08. The first-order valence-electron chi connectivity index (χ1n) is 9.35. The number of benzene rings is 2. The fourth-order valence-electron chi connectivity index (χ4n) is 3.98. The molecule has 1 unspecified atom stereocenters. The van der Waals surface area contributed by atoms with Gasteiger partial charge in [0.25, 0.3) is 0 Å². The summed E-state index contributed by atoms with van der Waals surface area (Å²) in [5.74, 6) is -0.624. The molecule has 0 radical (unpaired) electrons. The number of para-hydroxylation sites is 1. The summed E-state index contributed by atoms with van der Waals surface area (Å²) in [5.41, 5.74) is 8.75. The van der Waals surface area contributed by atoms with Crippen molar-refractivity contribution in [1.29, 1.82) is 0 Å². The van der Waals surface area contributed by atoms with E-state index in [0.717, 1.165) is 12.1 Å². The highest BCUT2D eigenvalue weighted by Crippen LogP contribution is 2.30. The van der Waals surface area contributed by atoms with Gasteiger partial charge in [-0.25, -0.2) is 0 Å². The summed E-state index contributed by atoms with van der Waals surface area (Å²) in [5, 5.41) is 2.41. The lowest BCUT2D eigenvalue weighted by Crippen LogP contribution is -2.30. The largest absolute Gasteiger partial charge is 0.369 e. The Morgan fingerprint density at radius 2 is 1.93 bits per heavy atom. The van der Waals surface area contributed by atoms with E-state index in [0.29, 0.717) is 19.5 Å². The molecule has 3 aromatic rings. The van der Waals surface area contributed by atoms with Gasteiger partial charge in [0, 0.05) is 47.5 Å². The monoisotopic (exact) mass is 361 g/mol. The molecular weight excluding hydrogens is 338 g/mol. The zero-order valence-corrected chi connectivity index (χ0v) is 15.4. The molecule has 5 nitrogen and oxygen atoms in total. The molecule has 138 valence electrons. The number of hydrogen-bond donors (Lipinski definition) is 1. The summed E-state index contributed by atoms with van der Waals surface area (Å²) in [6, 6.07) is 14.7. The Morgan fingerprint density at radius 3 is 2.67 bits per heavy atom. The van der Waals surface area contributed by atoms with Gasteiger partial charge < -0.3 is 15.2 Å². The van der Waals surface area contributed by atoms with E-state index >= 15 is 0 Å². The SMILES string of the molecule is CCn1c2ccccc2c2cc(/C=C/C(=O)N3CCC(C(N)=O)C3)ccc21. The summed E-state index contributed by atoms with van der Waals surface area (Å²) in [7, 11) is 0. The first-order chi connectivity index (χ1) is 13.1. The lowest BCUT2D eigenvalue weighted by Gasteiger charge is -2.13. The zero-order chi connectivity index (χ0) is 19.0. The van der Waals surface area contributed by atoms with Crippen LogP contribution < -0.4 is 5.73 Å². The van der Waals surface area contributed by atoms with Crippen molar-refractivity contribution in [2.24, 2.45) is 11.7 Å². The highest BCUT2D eigenvalue weighted by atomic mass is 16.2. The molecule has 2 N–H and O–H groups in total. The summed E-state index contributed by atoms with van der Waals surface area (Å²) in [4.78, 5) is 25.4. The molecule has 2 aromatic carbocycles. The van der Waals surface area contributed by atoms with Crippen molar-refractivity contribution >= 4 is 39.7 Å². The zero-order valence-electron chi connectivity index (χ0n) is 15.4. The van der Waals surface area contributed by atoms with E-state index in [4.69, 9.17) is 5.73 Å². The molecule has 1 saturated heterocycles. The molecule has 1 aromatic heterocycles. The van der Waals surface area contributed by atoms with Crippen LogP contribution in [-0.2, 0) is 16.1 Å². The van der Waals surface area contributed by atoms with Crippen molar-refractivity contribution in [2.45, 2.75) is 19.9 Å². The van der Waals surface area contributed by atoms with Crippen LogP contribution in [0.4, 0.5) is 0 Å². The lowest BCUT2D eigenvalue weighted by molar-refractivity contribution is -0.125. The van der Waals surface area contributed by atoms with E-state index in [2.05, 4.69) is 47.9 Å². The summed E-state index contributed by atoms with van der Waals surface area (Å²) in [6.45, 7) is 4.06. The first-order valence-corrected chi connectivity index (χ1v) is 9.35. The third-order valence-electron chi connectivity index (χ3n) is 5.43. The van der Waals surface area contributed by atoms with E-state index in [9.17, 15) is 9.59 Å². The van der Waals surface area contributed by atoms with Gasteiger partial charge in [0.1, 0.15) is 0 Å². The van der Waals surface area contributed by atoms with E-state index in [-0.39, 0.29) is 17.7 Å². The number of rotatable bonds is 4. The van der Waals surface area contributed by atoms with Gasteiger partial charge in [-0.15, -0.1) is 0 Å². The Bertz CT molecular complexity index is 1060. The van der Waals surface area contributed by atoms with E-state index in [1.54, 1.807) is 11.0 Å². The Kier molecular flexibility index (Phi) is 4.44. The topological polar surface area (TPSA) is 68.3 Å². The van der Waals surface area contributed by atoms with Crippen molar-refractivity contribution in [3.05, 3.63) is 54.1 Å². The molecule has 1 atom stereocenters. The predicted molar refractivity (Wildman–Crippen MR) is 108 cm³/mol. The average molecular weight is 361 g/mol. The number of carbonyl (C=O) groups excluding carboxylic acids is 2. The number of likely N-dealkylation sites (tertiary alicyclic amines) is 1. The smallest absolute Gasteiger partial charge is 0.246 e. The Labute approximate surface area is 158 Å². The lowest BCUT2D eigenvalue weighted by atomic mass is 10.1. The molecular formula is C22H23N3O2. The van der Waals surface area contributed by atoms with Gasteiger partial charge >= 0.3 is 0 Å². The molecule has 27 heavy (non-hydrogen) atoms. The number of carbonyl (C=O) groups is 2. The first kappa shape index (κ1) is 17.3. The Balaban J connectivity index is 1.61.